The maximum absolute atomic E-state index is 12.7. The molecule has 1 saturated heterocycles. The summed E-state index contributed by atoms with van der Waals surface area (Å²) < 4.78 is 22.7. The van der Waals surface area contributed by atoms with E-state index < -0.39 is 43.4 Å². The lowest BCUT2D eigenvalue weighted by atomic mass is 9.99. The first-order valence-electron chi connectivity index (χ1n) is 20.1. The number of aliphatic hydroxyl groups is 4. The third-order valence-corrected chi connectivity index (χ3v) is 9.52. The van der Waals surface area contributed by atoms with Gasteiger partial charge in [0.05, 0.1) is 19.8 Å². The molecule has 6 atom stereocenters. The fourth-order valence-corrected chi connectivity index (χ4v) is 6.32. The maximum atomic E-state index is 12.7. The van der Waals surface area contributed by atoms with E-state index >= 15 is 0 Å². The molecule has 1 fully saturated rings. The van der Waals surface area contributed by atoms with Gasteiger partial charge in [-0.3, -0.25) is 4.79 Å². The Morgan fingerprint density at radius 2 is 1.02 bits per heavy atom. The van der Waals surface area contributed by atoms with Crippen molar-refractivity contribution < 1.29 is 44.2 Å². The number of hydrogen-bond acceptors (Lipinski definition) is 9. The molecule has 9 nitrogen and oxygen atoms in total. The lowest BCUT2D eigenvalue weighted by Crippen LogP contribution is -2.59. The third kappa shape index (κ3) is 23.6. The molecule has 9 heteroatoms. The Kier molecular flexibility index (Phi) is 30.3. The summed E-state index contributed by atoms with van der Waals surface area (Å²) in [5.74, 6) is -0.312. The van der Waals surface area contributed by atoms with Crippen molar-refractivity contribution in [2.75, 3.05) is 26.4 Å². The van der Waals surface area contributed by atoms with Gasteiger partial charge in [-0.15, -0.1) is 0 Å². The Labute approximate surface area is 293 Å². The summed E-state index contributed by atoms with van der Waals surface area (Å²) in [7, 11) is 0. The molecule has 0 aromatic rings. The number of aliphatic hydroxyl groups excluding tert-OH is 4. The zero-order valence-corrected chi connectivity index (χ0v) is 31.0. The molecule has 1 aliphatic heterocycles. The molecule has 0 saturated carbocycles. The molecule has 0 radical (unpaired) electrons. The number of unbranched alkanes of at least 4 members (excludes halogenated alkanes) is 23. The molecule has 0 bridgehead atoms. The number of carbonyl (C=O) groups excluding carboxylic acids is 1. The second-order valence-corrected chi connectivity index (χ2v) is 14.1. The summed E-state index contributed by atoms with van der Waals surface area (Å²) >= 11 is 0. The average Bonchev–Trinajstić information content (AvgIpc) is 3.08. The van der Waals surface area contributed by atoms with Crippen molar-refractivity contribution in [2.24, 2.45) is 0 Å². The second-order valence-electron chi connectivity index (χ2n) is 14.1. The summed E-state index contributed by atoms with van der Waals surface area (Å²) in [4.78, 5) is 12.7. The Bertz CT molecular complexity index is 707. The van der Waals surface area contributed by atoms with Crippen LogP contribution in [0.15, 0.2) is 0 Å². The quantitative estimate of drug-likeness (QED) is 0.0393. The van der Waals surface area contributed by atoms with Gasteiger partial charge in [-0.25, -0.2) is 0 Å². The van der Waals surface area contributed by atoms with Crippen LogP contribution in [-0.4, -0.2) is 89.6 Å². The topological polar surface area (TPSA) is 135 Å². The molecular formula is C39H76O9. The summed E-state index contributed by atoms with van der Waals surface area (Å²) in [5.41, 5.74) is 0. The van der Waals surface area contributed by atoms with E-state index in [0.29, 0.717) is 13.0 Å². The van der Waals surface area contributed by atoms with E-state index in [1.54, 1.807) is 0 Å². The second kappa shape index (κ2) is 32.1. The van der Waals surface area contributed by atoms with E-state index in [1.807, 2.05) is 0 Å². The van der Waals surface area contributed by atoms with Gasteiger partial charge in [0.25, 0.3) is 0 Å². The number of carbonyl (C=O) groups is 1. The zero-order valence-electron chi connectivity index (χ0n) is 31.0. The van der Waals surface area contributed by atoms with Crippen molar-refractivity contribution in [2.45, 2.75) is 218 Å². The van der Waals surface area contributed by atoms with E-state index in [4.69, 9.17) is 18.9 Å². The van der Waals surface area contributed by atoms with Gasteiger partial charge in [0.1, 0.15) is 30.5 Å². The Hall–Kier alpha value is -0.810. The van der Waals surface area contributed by atoms with Crippen LogP contribution in [0.3, 0.4) is 0 Å². The van der Waals surface area contributed by atoms with E-state index in [-0.39, 0.29) is 19.2 Å². The van der Waals surface area contributed by atoms with Gasteiger partial charge >= 0.3 is 5.97 Å². The molecule has 4 N–H and O–H groups in total. The minimum atomic E-state index is -1.53. The van der Waals surface area contributed by atoms with Crippen LogP contribution in [0.1, 0.15) is 181 Å². The summed E-state index contributed by atoms with van der Waals surface area (Å²) in [5, 5.41) is 39.9. The van der Waals surface area contributed by atoms with Gasteiger partial charge in [0.15, 0.2) is 6.29 Å². The first kappa shape index (κ1) is 45.2. The number of hydrogen-bond donors (Lipinski definition) is 4. The standard InChI is InChI=1S/C39H76O9/c1-3-5-7-9-11-13-15-16-17-19-21-23-25-27-29-45-31-33(32-46-39-38(44)37(43)36(42)34(30-40)48-39)47-35(41)28-26-24-22-20-18-14-12-10-8-6-4-2/h33-34,36-40,42-44H,3-32H2,1-2H3. The molecule has 0 amide bonds. The van der Waals surface area contributed by atoms with Gasteiger partial charge in [0.2, 0.25) is 0 Å². The normalized spacial score (nSPS) is 21.8. The van der Waals surface area contributed by atoms with Crippen molar-refractivity contribution in [1.82, 2.24) is 0 Å². The largest absolute Gasteiger partial charge is 0.457 e. The molecule has 6 unspecified atom stereocenters. The SMILES string of the molecule is CCCCCCCCCCCCCCCCOCC(COC1OC(CO)C(O)C(O)C1O)OC(=O)CCCCCCCCCCCCC. The van der Waals surface area contributed by atoms with Gasteiger partial charge in [-0.05, 0) is 12.8 Å². The molecular weight excluding hydrogens is 612 g/mol. The minimum absolute atomic E-state index is 0.106. The lowest BCUT2D eigenvalue weighted by molar-refractivity contribution is -0.305. The summed E-state index contributed by atoms with van der Waals surface area (Å²) in [6.07, 6.45) is 24.1. The monoisotopic (exact) mass is 689 g/mol. The number of rotatable bonds is 34. The predicted molar refractivity (Wildman–Crippen MR) is 192 cm³/mol. The van der Waals surface area contributed by atoms with Crippen molar-refractivity contribution in [3.63, 3.8) is 0 Å². The van der Waals surface area contributed by atoms with Crippen molar-refractivity contribution in [1.29, 1.82) is 0 Å². The highest BCUT2D eigenvalue weighted by atomic mass is 16.7. The van der Waals surface area contributed by atoms with Crippen LogP contribution in [0.25, 0.3) is 0 Å². The Morgan fingerprint density at radius 1 is 0.583 bits per heavy atom. The summed E-state index contributed by atoms with van der Waals surface area (Å²) in [6, 6.07) is 0. The molecule has 0 aromatic heterocycles. The minimum Gasteiger partial charge on any atom is -0.457 e. The molecule has 1 rings (SSSR count). The highest BCUT2D eigenvalue weighted by Crippen LogP contribution is 2.22. The zero-order chi connectivity index (χ0) is 35.1. The fourth-order valence-electron chi connectivity index (χ4n) is 6.32. The van der Waals surface area contributed by atoms with Crippen LogP contribution in [-0.2, 0) is 23.7 Å². The van der Waals surface area contributed by atoms with E-state index in [9.17, 15) is 25.2 Å². The summed E-state index contributed by atoms with van der Waals surface area (Å²) in [6.45, 7) is 4.57. The fraction of sp³-hybridized carbons (Fsp3) is 0.974. The molecule has 0 aromatic carbocycles. The van der Waals surface area contributed by atoms with E-state index in [2.05, 4.69) is 13.8 Å². The Balaban J connectivity index is 2.29. The van der Waals surface area contributed by atoms with Crippen LogP contribution >= 0.6 is 0 Å². The molecule has 1 aliphatic rings. The first-order valence-corrected chi connectivity index (χ1v) is 20.1. The van der Waals surface area contributed by atoms with Gasteiger partial charge in [0, 0.05) is 13.0 Å². The van der Waals surface area contributed by atoms with E-state index in [0.717, 1.165) is 32.1 Å². The maximum Gasteiger partial charge on any atom is 0.306 e. The van der Waals surface area contributed by atoms with E-state index in [1.165, 1.54) is 128 Å². The molecule has 0 spiro atoms. The van der Waals surface area contributed by atoms with Crippen molar-refractivity contribution in [3.8, 4) is 0 Å². The van der Waals surface area contributed by atoms with Crippen molar-refractivity contribution >= 4 is 5.97 Å². The van der Waals surface area contributed by atoms with Crippen LogP contribution < -0.4 is 0 Å². The van der Waals surface area contributed by atoms with Gasteiger partial charge in [-0.2, -0.15) is 0 Å². The smallest absolute Gasteiger partial charge is 0.306 e. The molecule has 286 valence electrons. The van der Waals surface area contributed by atoms with Crippen molar-refractivity contribution in [3.05, 3.63) is 0 Å². The highest BCUT2D eigenvalue weighted by Gasteiger charge is 2.44. The highest BCUT2D eigenvalue weighted by molar-refractivity contribution is 5.69. The average molecular weight is 689 g/mol. The number of esters is 1. The third-order valence-electron chi connectivity index (χ3n) is 9.52. The Morgan fingerprint density at radius 3 is 1.48 bits per heavy atom. The first-order chi connectivity index (χ1) is 23.4. The van der Waals surface area contributed by atoms with Crippen LogP contribution in [0.2, 0.25) is 0 Å². The lowest BCUT2D eigenvalue weighted by Gasteiger charge is -2.39. The van der Waals surface area contributed by atoms with Crippen LogP contribution in [0.5, 0.6) is 0 Å². The number of ether oxygens (including phenoxy) is 4. The predicted octanol–water partition coefficient (Wildman–Crippen LogP) is 7.91. The molecule has 1 heterocycles. The van der Waals surface area contributed by atoms with Gasteiger partial charge in [-0.1, -0.05) is 162 Å². The molecule has 48 heavy (non-hydrogen) atoms. The molecule has 0 aliphatic carbocycles. The van der Waals surface area contributed by atoms with Crippen LogP contribution in [0.4, 0.5) is 0 Å². The van der Waals surface area contributed by atoms with Gasteiger partial charge < -0.3 is 39.4 Å². The van der Waals surface area contributed by atoms with Crippen LogP contribution in [0, 0.1) is 0 Å².